The zero-order valence-corrected chi connectivity index (χ0v) is 20.1. The van der Waals surface area contributed by atoms with Crippen molar-refractivity contribution < 1.29 is 13.2 Å². The number of hydrogen-bond acceptors (Lipinski definition) is 6. The van der Waals surface area contributed by atoms with E-state index in [1.54, 1.807) is 35.7 Å². The van der Waals surface area contributed by atoms with E-state index < -0.39 is 9.84 Å². The van der Waals surface area contributed by atoms with Crippen LogP contribution in [0.15, 0.2) is 82.6 Å². The Morgan fingerprint density at radius 2 is 1.75 bits per heavy atom. The van der Waals surface area contributed by atoms with Gasteiger partial charge in [-0.15, -0.1) is 11.8 Å². The highest BCUT2D eigenvalue weighted by Gasteiger charge is 2.22. The molecule has 4 aromatic rings. The standard InChI is InChI=1S/C24H22N2O3S3/c1-3-32(28,29)20-12-9-18(10-13-20)23(27)26(16-17-7-5-4-6-8-17)24-25-21-14-11-19(30-2)15-22(21)31-24/h4-15H,3,16H2,1-2H3. The van der Waals surface area contributed by atoms with Crippen LogP contribution in [0.3, 0.4) is 0 Å². The van der Waals surface area contributed by atoms with Crippen LogP contribution in [-0.4, -0.2) is 31.3 Å². The quantitative estimate of drug-likeness (QED) is 0.318. The lowest BCUT2D eigenvalue weighted by Crippen LogP contribution is -2.30. The zero-order valence-electron chi connectivity index (χ0n) is 17.7. The highest BCUT2D eigenvalue weighted by Crippen LogP contribution is 2.33. The summed E-state index contributed by atoms with van der Waals surface area (Å²) in [4.78, 5) is 21.3. The van der Waals surface area contributed by atoms with Gasteiger partial charge in [0.2, 0.25) is 0 Å². The van der Waals surface area contributed by atoms with E-state index in [0.29, 0.717) is 17.2 Å². The second-order valence-corrected chi connectivity index (χ2v) is 11.3. The highest BCUT2D eigenvalue weighted by molar-refractivity contribution is 7.98. The van der Waals surface area contributed by atoms with Crippen LogP contribution in [0.1, 0.15) is 22.8 Å². The molecule has 0 saturated carbocycles. The van der Waals surface area contributed by atoms with Gasteiger partial charge in [-0.2, -0.15) is 0 Å². The molecular formula is C24H22N2O3S3. The van der Waals surface area contributed by atoms with E-state index in [1.165, 1.54) is 23.5 Å². The third-order valence-corrected chi connectivity index (χ3v) is 8.60. The molecule has 3 aromatic carbocycles. The zero-order chi connectivity index (χ0) is 22.7. The van der Waals surface area contributed by atoms with Crippen molar-refractivity contribution in [3.63, 3.8) is 0 Å². The number of aromatic nitrogens is 1. The average Bonchev–Trinajstić information content (AvgIpc) is 3.25. The van der Waals surface area contributed by atoms with Crippen LogP contribution in [0, 0.1) is 0 Å². The second kappa shape index (κ2) is 9.44. The minimum atomic E-state index is -3.32. The fraction of sp³-hybridized carbons (Fsp3) is 0.167. The molecule has 0 fully saturated rings. The Morgan fingerprint density at radius 1 is 1.03 bits per heavy atom. The number of amides is 1. The molecular weight excluding hydrogens is 460 g/mol. The van der Waals surface area contributed by atoms with E-state index in [-0.39, 0.29) is 16.6 Å². The van der Waals surface area contributed by atoms with Crippen LogP contribution in [0.25, 0.3) is 10.2 Å². The molecule has 1 aromatic heterocycles. The summed E-state index contributed by atoms with van der Waals surface area (Å²) >= 11 is 3.13. The molecule has 32 heavy (non-hydrogen) atoms. The monoisotopic (exact) mass is 482 g/mol. The Labute approximate surface area is 196 Å². The first kappa shape index (κ1) is 22.5. The van der Waals surface area contributed by atoms with E-state index in [0.717, 1.165) is 20.7 Å². The maximum Gasteiger partial charge on any atom is 0.260 e. The molecule has 8 heteroatoms. The normalized spacial score (nSPS) is 11.6. The van der Waals surface area contributed by atoms with Crippen molar-refractivity contribution in [3.8, 4) is 0 Å². The van der Waals surface area contributed by atoms with Crippen molar-refractivity contribution in [1.29, 1.82) is 0 Å². The van der Waals surface area contributed by atoms with Crippen molar-refractivity contribution in [2.24, 2.45) is 0 Å². The van der Waals surface area contributed by atoms with Crippen LogP contribution in [0.2, 0.25) is 0 Å². The average molecular weight is 483 g/mol. The van der Waals surface area contributed by atoms with Crippen LogP contribution in [-0.2, 0) is 16.4 Å². The molecule has 0 saturated heterocycles. The van der Waals surface area contributed by atoms with Gasteiger partial charge in [-0.3, -0.25) is 9.69 Å². The van der Waals surface area contributed by atoms with E-state index in [2.05, 4.69) is 6.07 Å². The molecule has 0 bridgehead atoms. The van der Waals surface area contributed by atoms with Crippen LogP contribution < -0.4 is 4.90 Å². The maximum atomic E-state index is 13.5. The summed E-state index contributed by atoms with van der Waals surface area (Å²) < 4.78 is 25.3. The predicted molar refractivity (Wildman–Crippen MR) is 133 cm³/mol. The van der Waals surface area contributed by atoms with E-state index in [4.69, 9.17) is 4.98 Å². The summed E-state index contributed by atoms with van der Waals surface area (Å²) in [5.41, 5.74) is 2.24. The van der Waals surface area contributed by atoms with E-state index >= 15 is 0 Å². The Hall–Kier alpha value is -2.68. The van der Waals surface area contributed by atoms with E-state index in [1.807, 2.05) is 48.7 Å². The molecule has 0 aliphatic heterocycles. The van der Waals surface area contributed by atoms with Gasteiger partial charge in [-0.1, -0.05) is 48.6 Å². The third kappa shape index (κ3) is 4.72. The van der Waals surface area contributed by atoms with Gasteiger partial charge < -0.3 is 0 Å². The van der Waals surface area contributed by atoms with Gasteiger partial charge in [0.25, 0.3) is 5.91 Å². The SMILES string of the molecule is CCS(=O)(=O)c1ccc(C(=O)N(Cc2ccccc2)c2nc3ccc(SC)cc3s2)cc1. The van der Waals surface area contributed by atoms with Crippen molar-refractivity contribution in [2.75, 3.05) is 16.9 Å². The Kier molecular flexibility index (Phi) is 6.64. The lowest BCUT2D eigenvalue weighted by atomic mass is 10.1. The number of thioether (sulfide) groups is 1. The van der Waals surface area contributed by atoms with Crippen LogP contribution in [0.4, 0.5) is 5.13 Å². The second-order valence-electron chi connectivity index (χ2n) is 7.13. The number of hydrogen-bond donors (Lipinski definition) is 0. The molecule has 0 N–H and O–H groups in total. The molecule has 1 heterocycles. The van der Waals surface area contributed by atoms with Crippen molar-refractivity contribution in [3.05, 3.63) is 83.9 Å². The van der Waals surface area contributed by atoms with Crippen molar-refractivity contribution >= 4 is 54.2 Å². The first-order valence-corrected chi connectivity index (χ1v) is 13.7. The lowest BCUT2D eigenvalue weighted by Gasteiger charge is -2.20. The minimum absolute atomic E-state index is 0.0180. The number of benzene rings is 3. The van der Waals surface area contributed by atoms with Gasteiger partial charge in [-0.05, 0) is 54.3 Å². The summed E-state index contributed by atoms with van der Waals surface area (Å²) in [5, 5.41) is 0.609. The molecule has 0 aliphatic rings. The number of thiazole rings is 1. The summed E-state index contributed by atoms with van der Waals surface area (Å²) in [6, 6.07) is 21.9. The van der Waals surface area contributed by atoms with Gasteiger partial charge >= 0.3 is 0 Å². The number of rotatable bonds is 7. The molecule has 4 rings (SSSR count). The Balaban J connectivity index is 1.73. The number of sulfone groups is 1. The van der Waals surface area contributed by atoms with Gasteiger partial charge in [0.1, 0.15) is 0 Å². The predicted octanol–water partition coefficient (Wildman–Crippen LogP) is 5.66. The number of carbonyl (C=O) groups excluding carboxylic acids is 1. The summed E-state index contributed by atoms with van der Waals surface area (Å²) in [5.74, 6) is -0.206. The highest BCUT2D eigenvalue weighted by atomic mass is 32.2. The number of fused-ring (bicyclic) bond motifs is 1. The van der Waals surface area contributed by atoms with Gasteiger partial charge in [0, 0.05) is 10.5 Å². The molecule has 0 spiro atoms. The first-order chi connectivity index (χ1) is 15.4. The molecule has 0 atom stereocenters. The maximum absolute atomic E-state index is 13.5. The molecule has 0 radical (unpaired) electrons. The molecule has 5 nitrogen and oxygen atoms in total. The van der Waals surface area contributed by atoms with Gasteiger partial charge in [-0.25, -0.2) is 13.4 Å². The van der Waals surface area contributed by atoms with Crippen molar-refractivity contribution in [1.82, 2.24) is 4.98 Å². The van der Waals surface area contributed by atoms with E-state index in [9.17, 15) is 13.2 Å². The molecule has 0 aliphatic carbocycles. The van der Waals surface area contributed by atoms with Crippen LogP contribution >= 0.6 is 23.1 Å². The number of carbonyl (C=O) groups is 1. The molecule has 164 valence electrons. The van der Waals surface area contributed by atoms with Crippen molar-refractivity contribution in [2.45, 2.75) is 23.3 Å². The fourth-order valence-corrected chi connectivity index (χ4v) is 5.66. The summed E-state index contributed by atoms with van der Waals surface area (Å²) in [6.07, 6.45) is 2.02. The van der Waals surface area contributed by atoms with Gasteiger partial charge in [0.05, 0.1) is 27.4 Å². The Bertz CT molecular complexity index is 1350. The lowest BCUT2D eigenvalue weighted by molar-refractivity contribution is 0.0985. The smallest absolute Gasteiger partial charge is 0.260 e. The number of nitrogens with zero attached hydrogens (tertiary/aromatic N) is 2. The molecule has 0 unspecified atom stereocenters. The van der Waals surface area contributed by atoms with Crippen LogP contribution in [0.5, 0.6) is 0 Å². The van der Waals surface area contributed by atoms with Gasteiger partial charge in [0.15, 0.2) is 15.0 Å². The summed E-state index contributed by atoms with van der Waals surface area (Å²) in [7, 11) is -3.32. The Morgan fingerprint density at radius 3 is 2.41 bits per heavy atom. The first-order valence-electron chi connectivity index (χ1n) is 10.0. The third-order valence-electron chi connectivity index (χ3n) is 5.08. The fourth-order valence-electron chi connectivity index (χ4n) is 3.25. The summed E-state index contributed by atoms with van der Waals surface area (Å²) in [6.45, 7) is 1.97. The largest absolute Gasteiger partial charge is 0.279 e. The molecule has 1 amide bonds. The number of anilines is 1. The minimum Gasteiger partial charge on any atom is -0.279 e. The topological polar surface area (TPSA) is 67.3 Å².